The molecule has 0 bridgehead atoms. The number of morpholine rings is 2. The third-order valence-electron chi connectivity index (χ3n) is 3.59. The summed E-state index contributed by atoms with van der Waals surface area (Å²) >= 11 is 0. The molecular weight excluding hydrogens is 232 g/mol. The average molecular weight is 258 g/mol. The van der Waals surface area contributed by atoms with Crippen molar-refractivity contribution in [2.75, 3.05) is 59.1 Å². The highest BCUT2D eigenvalue weighted by atomic mass is 16.5. The molecule has 2 aliphatic rings. The molecule has 0 aromatic rings. The van der Waals surface area contributed by atoms with Gasteiger partial charge in [0, 0.05) is 39.3 Å². The Morgan fingerprint density at radius 2 is 1.83 bits per heavy atom. The number of aliphatic hydroxyl groups excluding tert-OH is 1. The standard InChI is InChI=1S/C13H26N2O3/c1-13(2)11-15(9-12(10-16)18-13)4-3-14-5-7-17-8-6-14/h12,16H,3-11H2,1-2H3. The van der Waals surface area contributed by atoms with Crippen molar-refractivity contribution < 1.29 is 14.6 Å². The normalized spacial score (nSPS) is 30.5. The molecule has 2 aliphatic heterocycles. The Morgan fingerprint density at radius 1 is 1.17 bits per heavy atom. The van der Waals surface area contributed by atoms with E-state index in [0.717, 1.165) is 52.5 Å². The van der Waals surface area contributed by atoms with Crippen LogP contribution in [-0.4, -0.2) is 85.7 Å². The highest BCUT2D eigenvalue weighted by Crippen LogP contribution is 2.20. The molecule has 0 amide bonds. The van der Waals surface area contributed by atoms with Gasteiger partial charge in [-0.05, 0) is 13.8 Å². The molecule has 2 rings (SSSR count). The SMILES string of the molecule is CC1(C)CN(CCN2CCOCC2)CC(CO)O1. The summed E-state index contributed by atoms with van der Waals surface area (Å²) < 4.78 is 11.2. The molecule has 2 saturated heterocycles. The number of nitrogens with zero attached hydrogens (tertiary/aromatic N) is 2. The predicted molar refractivity (Wildman–Crippen MR) is 69.7 cm³/mol. The molecule has 106 valence electrons. The van der Waals surface area contributed by atoms with Gasteiger partial charge in [-0.2, -0.15) is 0 Å². The van der Waals surface area contributed by atoms with E-state index in [9.17, 15) is 5.11 Å². The second kappa shape index (κ2) is 6.30. The maximum atomic E-state index is 9.28. The van der Waals surface area contributed by atoms with Gasteiger partial charge >= 0.3 is 0 Å². The molecule has 2 heterocycles. The molecule has 1 unspecified atom stereocenters. The molecule has 18 heavy (non-hydrogen) atoms. The van der Waals surface area contributed by atoms with E-state index in [1.807, 2.05) is 0 Å². The molecule has 0 aromatic carbocycles. The van der Waals surface area contributed by atoms with Crippen LogP contribution < -0.4 is 0 Å². The summed E-state index contributed by atoms with van der Waals surface area (Å²) in [5.41, 5.74) is -0.156. The number of aliphatic hydroxyl groups is 1. The summed E-state index contributed by atoms with van der Waals surface area (Å²) in [6.07, 6.45) is -0.0431. The smallest absolute Gasteiger partial charge is 0.0940 e. The van der Waals surface area contributed by atoms with E-state index in [0.29, 0.717) is 0 Å². The van der Waals surface area contributed by atoms with Crippen molar-refractivity contribution in [3.63, 3.8) is 0 Å². The van der Waals surface area contributed by atoms with Crippen LogP contribution in [0.1, 0.15) is 13.8 Å². The van der Waals surface area contributed by atoms with Gasteiger partial charge in [0.1, 0.15) is 0 Å². The summed E-state index contributed by atoms with van der Waals surface area (Å²) in [5.74, 6) is 0. The van der Waals surface area contributed by atoms with E-state index in [-0.39, 0.29) is 18.3 Å². The first-order valence-electron chi connectivity index (χ1n) is 6.90. The predicted octanol–water partition coefficient (Wildman–Crippen LogP) is -0.210. The minimum absolute atomic E-state index is 0.0431. The van der Waals surface area contributed by atoms with Gasteiger partial charge in [0.2, 0.25) is 0 Å². The summed E-state index contributed by atoms with van der Waals surface area (Å²) in [6, 6.07) is 0. The second-order valence-corrected chi connectivity index (χ2v) is 5.87. The summed E-state index contributed by atoms with van der Waals surface area (Å²) in [5, 5.41) is 9.28. The highest BCUT2D eigenvalue weighted by Gasteiger charge is 2.32. The number of hydrogen-bond acceptors (Lipinski definition) is 5. The van der Waals surface area contributed by atoms with Gasteiger partial charge in [0.25, 0.3) is 0 Å². The van der Waals surface area contributed by atoms with Crippen LogP contribution in [0.3, 0.4) is 0 Å². The van der Waals surface area contributed by atoms with Crippen LogP contribution >= 0.6 is 0 Å². The van der Waals surface area contributed by atoms with Crippen molar-refractivity contribution in [1.82, 2.24) is 9.80 Å². The molecule has 1 N–H and O–H groups in total. The van der Waals surface area contributed by atoms with E-state index in [2.05, 4.69) is 23.6 Å². The van der Waals surface area contributed by atoms with Crippen LogP contribution in [0.4, 0.5) is 0 Å². The van der Waals surface area contributed by atoms with Crippen molar-refractivity contribution in [3.8, 4) is 0 Å². The molecule has 0 spiro atoms. The van der Waals surface area contributed by atoms with Gasteiger partial charge in [0.15, 0.2) is 0 Å². The van der Waals surface area contributed by atoms with Gasteiger partial charge in [-0.3, -0.25) is 9.80 Å². The largest absolute Gasteiger partial charge is 0.394 e. The van der Waals surface area contributed by atoms with E-state index in [4.69, 9.17) is 9.47 Å². The Kier molecular flexibility index (Phi) is 4.98. The van der Waals surface area contributed by atoms with Gasteiger partial charge in [-0.25, -0.2) is 0 Å². The number of ether oxygens (including phenoxy) is 2. The van der Waals surface area contributed by atoms with Crippen LogP contribution in [0, 0.1) is 0 Å². The zero-order valence-corrected chi connectivity index (χ0v) is 11.6. The Hall–Kier alpha value is -0.200. The Bertz CT molecular complexity index is 255. The van der Waals surface area contributed by atoms with Crippen molar-refractivity contribution in [1.29, 1.82) is 0 Å². The van der Waals surface area contributed by atoms with E-state index >= 15 is 0 Å². The monoisotopic (exact) mass is 258 g/mol. The zero-order valence-electron chi connectivity index (χ0n) is 11.6. The fourth-order valence-corrected chi connectivity index (χ4v) is 2.79. The van der Waals surface area contributed by atoms with Crippen molar-refractivity contribution >= 4 is 0 Å². The van der Waals surface area contributed by atoms with Crippen molar-refractivity contribution in [3.05, 3.63) is 0 Å². The van der Waals surface area contributed by atoms with E-state index in [1.54, 1.807) is 0 Å². The van der Waals surface area contributed by atoms with Gasteiger partial charge in [0.05, 0.1) is 31.5 Å². The van der Waals surface area contributed by atoms with Crippen LogP contribution in [0.25, 0.3) is 0 Å². The Balaban J connectivity index is 1.77. The van der Waals surface area contributed by atoms with Crippen molar-refractivity contribution in [2.45, 2.75) is 25.6 Å². The quantitative estimate of drug-likeness (QED) is 0.756. The first kappa shape index (κ1) is 14.2. The molecular formula is C13H26N2O3. The molecule has 0 aromatic heterocycles. The minimum atomic E-state index is -0.156. The maximum absolute atomic E-state index is 9.28. The van der Waals surface area contributed by atoms with Crippen LogP contribution in [0.5, 0.6) is 0 Å². The average Bonchev–Trinajstić information content (AvgIpc) is 2.36. The lowest BCUT2D eigenvalue weighted by atomic mass is 10.1. The van der Waals surface area contributed by atoms with Crippen LogP contribution in [0.15, 0.2) is 0 Å². The number of rotatable bonds is 4. The van der Waals surface area contributed by atoms with Gasteiger partial charge in [-0.15, -0.1) is 0 Å². The van der Waals surface area contributed by atoms with Crippen LogP contribution in [0.2, 0.25) is 0 Å². The number of hydrogen-bond donors (Lipinski definition) is 1. The Morgan fingerprint density at radius 3 is 2.50 bits per heavy atom. The summed E-state index contributed by atoms with van der Waals surface area (Å²) in [7, 11) is 0. The fourth-order valence-electron chi connectivity index (χ4n) is 2.79. The molecule has 1 atom stereocenters. The van der Waals surface area contributed by atoms with Gasteiger partial charge < -0.3 is 14.6 Å². The molecule has 5 nitrogen and oxygen atoms in total. The zero-order chi connectivity index (χ0) is 13.0. The first-order chi connectivity index (χ1) is 8.59. The van der Waals surface area contributed by atoms with E-state index in [1.165, 1.54) is 0 Å². The Labute approximate surface area is 110 Å². The lowest BCUT2D eigenvalue weighted by molar-refractivity contribution is -0.149. The molecule has 0 aliphatic carbocycles. The third-order valence-corrected chi connectivity index (χ3v) is 3.59. The third kappa shape index (κ3) is 4.17. The molecule has 5 heteroatoms. The first-order valence-corrected chi connectivity index (χ1v) is 6.90. The van der Waals surface area contributed by atoms with Crippen LogP contribution in [-0.2, 0) is 9.47 Å². The molecule has 0 radical (unpaired) electrons. The lowest BCUT2D eigenvalue weighted by Gasteiger charge is -2.43. The summed E-state index contributed by atoms with van der Waals surface area (Å²) in [6.45, 7) is 12.0. The fraction of sp³-hybridized carbons (Fsp3) is 1.00. The van der Waals surface area contributed by atoms with Crippen molar-refractivity contribution in [2.24, 2.45) is 0 Å². The van der Waals surface area contributed by atoms with E-state index < -0.39 is 0 Å². The highest BCUT2D eigenvalue weighted by molar-refractivity contribution is 4.84. The van der Waals surface area contributed by atoms with Gasteiger partial charge in [-0.1, -0.05) is 0 Å². The molecule has 2 fully saturated rings. The minimum Gasteiger partial charge on any atom is -0.394 e. The lowest BCUT2D eigenvalue weighted by Crippen LogP contribution is -2.55. The maximum Gasteiger partial charge on any atom is 0.0940 e. The topological polar surface area (TPSA) is 45.2 Å². The summed E-state index contributed by atoms with van der Waals surface area (Å²) in [4.78, 5) is 4.85. The molecule has 0 saturated carbocycles. The second-order valence-electron chi connectivity index (χ2n) is 5.87.